The number of fused-ring (bicyclic) bond motifs is 1. The maximum atomic E-state index is 11.8. The number of nitrogens with zero attached hydrogens (tertiary/aromatic N) is 1. The average molecular weight is 234 g/mol. The SMILES string of the molecule is CNc1ccc2c(c1)CC(=O)N2C(=O)C(C)O. The van der Waals surface area contributed by atoms with Crippen molar-refractivity contribution in [2.24, 2.45) is 0 Å². The van der Waals surface area contributed by atoms with Crippen LogP contribution in [0.2, 0.25) is 0 Å². The summed E-state index contributed by atoms with van der Waals surface area (Å²) in [7, 11) is 1.79. The zero-order valence-electron chi connectivity index (χ0n) is 9.73. The van der Waals surface area contributed by atoms with E-state index in [2.05, 4.69) is 5.32 Å². The number of imide groups is 1. The van der Waals surface area contributed by atoms with Gasteiger partial charge in [0.05, 0.1) is 12.1 Å². The van der Waals surface area contributed by atoms with Gasteiger partial charge < -0.3 is 10.4 Å². The van der Waals surface area contributed by atoms with Gasteiger partial charge in [-0.3, -0.25) is 9.59 Å². The molecule has 90 valence electrons. The largest absolute Gasteiger partial charge is 0.388 e. The molecule has 1 atom stereocenters. The molecule has 0 aliphatic carbocycles. The molecular weight excluding hydrogens is 220 g/mol. The maximum absolute atomic E-state index is 11.8. The van der Waals surface area contributed by atoms with Crippen molar-refractivity contribution in [1.82, 2.24) is 0 Å². The highest BCUT2D eigenvalue weighted by Crippen LogP contribution is 2.31. The van der Waals surface area contributed by atoms with Gasteiger partial charge in [0.2, 0.25) is 5.91 Å². The van der Waals surface area contributed by atoms with Crippen LogP contribution in [0.25, 0.3) is 0 Å². The van der Waals surface area contributed by atoms with Gasteiger partial charge in [0.15, 0.2) is 0 Å². The monoisotopic (exact) mass is 234 g/mol. The van der Waals surface area contributed by atoms with Crippen LogP contribution in [0.1, 0.15) is 12.5 Å². The van der Waals surface area contributed by atoms with E-state index in [1.165, 1.54) is 6.92 Å². The van der Waals surface area contributed by atoms with Crippen molar-refractivity contribution >= 4 is 23.2 Å². The fourth-order valence-electron chi connectivity index (χ4n) is 1.91. The molecule has 0 saturated heterocycles. The van der Waals surface area contributed by atoms with Crippen molar-refractivity contribution in [1.29, 1.82) is 0 Å². The molecule has 0 bridgehead atoms. The Morgan fingerprint density at radius 3 is 2.82 bits per heavy atom. The maximum Gasteiger partial charge on any atom is 0.262 e. The molecule has 1 aromatic carbocycles. The van der Waals surface area contributed by atoms with E-state index < -0.39 is 12.0 Å². The number of aliphatic hydroxyl groups excluding tert-OH is 1. The molecule has 0 spiro atoms. The van der Waals surface area contributed by atoms with Crippen LogP contribution in [-0.2, 0) is 16.0 Å². The Kier molecular flexibility index (Phi) is 2.85. The highest BCUT2D eigenvalue weighted by atomic mass is 16.3. The molecule has 2 amide bonds. The van der Waals surface area contributed by atoms with E-state index in [4.69, 9.17) is 0 Å². The molecule has 0 radical (unpaired) electrons. The number of hydrogen-bond acceptors (Lipinski definition) is 4. The predicted octanol–water partition coefficient (Wildman–Crippen LogP) is 0.525. The molecule has 5 heteroatoms. The van der Waals surface area contributed by atoms with Gasteiger partial charge in [-0.05, 0) is 30.7 Å². The van der Waals surface area contributed by atoms with Gasteiger partial charge in [-0.2, -0.15) is 0 Å². The average Bonchev–Trinajstić information content (AvgIpc) is 2.62. The van der Waals surface area contributed by atoms with Gasteiger partial charge in [-0.25, -0.2) is 4.90 Å². The summed E-state index contributed by atoms with van der Waals surface area (Å²) in [5.41, 5.74) is 2.26. The summed E-state index contributed by atoms with van der Waals surface area (Å²) in [6, 6.07) is 5.34. The van der Waals surface area contributed by atoms with Crippen LogP contribution in [0.15, 0.2) is 18.2 Å². The minimum Gasteiger partial charge on any atom is -0.388 e. The van der Waals surface area contributed by atoms with E-state index in [1.807, 2.05) is 6.07 Å². The second-order valence-corrected chi connectivity index (χ2v) is 4.01. The molecule has 17 heavy (non-hydrogen) atoms. The number of rotatable bonds is 2. The minimum absolute atomic E-state index is 0.198. The number of amides is 2. The van der Waals surface area contributed by atoms with Gasteiger partial charge in [0.1, 0.15) is 6.10 Å². The number of anilines is 2. The lowest BCUT2D eigenvalue weighted by molar-refractivity contribution is -0.130. The zero-order chi connectivity index (χ0) is 12.6. The summed E-state index contributed by atoms with van der Waals surface area (Å²) < 4.78 is 0. The number of aliphatic hydroxyl groups is 1. The fraction of sp³-hybridized carbons (Fsp3) is 0.333. The Morgan fingerprint density at radius 2 is 2.24 bits per heavy atom. The Bertz CT molecular complexity index is 483. The lowest BCUT2D eigenvalue weighted by Crippen LogP contribution is -2.39. The quantitative estimate of drug-likeness (QED) is 0.783. The Morgan fingerprint density at radius 1 is 1.53 bits per heavy atom. The van der Waals surface area contributed by atoms with Crippen LogP contribution >= 0.6 is 0 Å². The van der Waals surface area contributed by atoms with Crippen molar-refractivity contribution in [3.8, 4) is 0 Å². The van der Waals surface area contributed by atoms with Crippen molar-refractivity contribution < 1.29 is 14.7 Å². The molecule has 1 aromatic rings. The number of hydrogen-bond donors (Lipinski definition) is 2. The minimum atomic E-state index is -1.17. The first-order valence-electron chi connectivity index (χ1n) is 5.40. The number of carbonyl (C=O) groups excluding carboxylic acids is 2. The molecule has 0 aromatic heterocycles. The standard InChI is InChI=1S/C12H14N2O3/c1-7(15)12(17)14-10-4-3-9(13-2)5-8(10)6-11(14)16/h3-5,7,13,15H,6H2,1-2H3. The van der Waals surface area contributed by atoms with Crippen LogP contribution in [0.4, 0.5) is 11.4 Å². The van der Waals surface area contributed by atoms with Crippen LogP contribution < -0.4 is 10.2 Å². The third-order valence-corrected chi connectivity index (χ3v) is 2.78. The predicted molar refractivity (Wildman–Crippen MR) is 63.9 cm³/mol. The number of nitrogens with one attached hydrogen (secondary N) is 1. The summed E-state index contributed by atoms with van der Waals surface area (Å²) in [6.07, 6.45) is -0.975. The molecule has 5 nitrogen and oxygen atoms in total. The van der Waals surface area contributed by atoms with Crippen molar-refractivity contribution in [2.45, 2.75) is 19.4 Å². The summed E-state index contributed by atoms with van der Waals surface area (Å²) in [5, 5.41) is 12.2. The summed E-state index contributed by atoms with van der Waals surface area (Å²) >= 11 is 0. The summed E-state index contributed by atoms with van der Waals surface area (Å²) in [5.74, 6) is -0.870. The van der Waals surface area contributed by atoms with Crippen molar-refractivity contribution in [3.63, 3.8) is 0 Å². The van der Waals surface area contributed by atoms with Gasteiger partial charge in [-0.15, -0.1) is 0 Å². The molecule has 0 saturated carbocycles. The number of benzene rings is 1. The third kappa shape index (κ3) is 1.89. The van der Waals surface area contributed by atoms with E-state index in [0.717, 1.165) is 16.2 Å². The van der Waals surface area contributed by atoms with Gasteiger partial charge in [-0.1, -0.05) is 0 Å². The summed E-state index contributed by atoms with van der Waals surface area (Å²) in [4.78, 5) is 24.5. The van der Waals surface area contributed by atoms with E-state index in [9.17, 15) is 14.7 Å². The zero-order valence-corrected chi connectivity index (χ0v) is 9.73. The first kappa shape index (κ1) is 11.6. The van der Waals surface area contributed by atoms with E-state index >= 15 is 0 Å². The molecule has 2 N–H and O–H groups in total. The molecule has 1 unspecified atom stereocenters. The van der Waals surface area contributed by atoms with E-state index in [1.54, 1.807) is 19.2 Å². The van der Waals surface area contributed by atoms with Crippen LogP contribution in [0, 0.1) is 0 Å². The second kappa shape index (κ2) is 4.18. The molecule has 2 rings (SSSR count). The van der Waals surface area contributed by atoms with Gasteiger partial charge >= 0.3 is 0 Å². The number of carbonyl (C=O) groups is 2. The fourth-order valence-corrected chi connectivity index (χ4v) is 1.91. The van der Waals surface area contributed by atoms with Crippen LogP contribution in [-0.4, -0.2) is 30.1 Å². The Balaban J connectivity index is 2.41. The third-order valence-electron chi connectivity index (χ3n) is 2.78. The van der Waals surface area contributed by atoms with Crippen LogP contribution in [0.5, 0.6) is 0 Å². The second-order valence-electron chi connectivity index (χ2n) is 4.01. The molecular formula is C12H14N2O3. The normalized spacial score (nSPS) is 15.7. The van der Waals surface area contributed by atoms with E-state index in [-0.39, 0.29) is 12.3 Å². The smallest absolute Gasteiger partial charge is 0.262 e. The first-order valence-corrected chi connectivity index (χ1v) is 5.40. The molecule has 1 heterocycles. The summed E-state index contributed by atoms with van der Waals surface area (Å²) in [6.45, 7) is 1.36. The molecule has 1 aliphatic heterocycles. The highest BCUT2D eigenvalue weighted by Gasteiger charge is 2.34. The van der Waals surface area contributed by atoms with Crippen molar-refractivity contribution in [3.05, 3.63) is 23.8 Å². The van der Waals surface area contributed by atoms with Crippen molar-refractivity contribution in [2.75, 3.05) is 17.3 Å². The Labute approximate surface area is 99.0 Å². The first-order chi connectivity index (χ1) is 8.04. The molecule has 1 aliphatic rings. The van der Waals surface area contributed by atoms with Gasteiger partial charge in [0.25, 0.3) is 5.91 Å². The Hall–Kier alpha value is -1.88. The lowest BCUT2D eigenvalue weighted by atomic mass is 10.1. The molecule has 0 fully saturated rings. The van der Waals surface area contributed by atoms with E-state index in [0.29, 0.717) is 5.69 Å². The van der Waals surface area contributed by atoms with Crippen LogP contribution in [0.3, 0.4) is 0 Å². The van der Waals surface area contributed by atoms with Gasteiger partial charge in [0, 0.05) is 12.7 Å². The topological polar surface area (TPSA) is 69.6 Å². The highest BCUT2D eigenvalue weighted by molar-refractivity contribution is 6.20. The lowest BCUT2D eigenvalue weighted by Gasteiger charge is -2.17.